The molecule has 1 rings (SSSR count). The standard InChI is InChI=1S/C9H9NO4/c1-14-8-3-2-7(4-5-11)9(6-8)10(12)13/h2-3,5-6H,4H2,1H3. The maximum absolute atomic E-state index is 10.6. The predicted molar refractivity (Wildman–Crippen MR) is 49.4 cm³/mol. The molecule has 0 aromatic heterocycles. The quantitative estimate of drug-likeness (QED) is 0.413. The highest BCUT2D eigenvalue weighted by Gasteiger charge is 2.13. The summed E-state index contributed by atoms with van der Waals surface area (Å²) in [6.45, 7) is 0. The number of nitro benzene ring substituents is 1. The van der Waals surface area contributed by atoms with Crippen molar-refractivity contribution in [3.63, 3.8) is 0 Å². The molecule has 0 bridgehead atoms. The molecule has 0 aliphatic heterocycles. The number of nitro groups is 1. The molecule has 1 aromatic rings. The van der Waals surface area contributed by atoms with Crippen molar-refractivity contribution in [1.29, 1.82) is 0 Å². The first-order chi connectivity index (χ1) is 6.69. The van der Waals surface area contributed by atoms with E-state index in [1.54, 1.807) is 6.07 Å². The fourth-order valence-corrected chi connectivity index (χ4v) is 1.10. The summed E-state index contributed by atoms with van der Waals surface area (Å²) in [5.74, 6) is 0.409. The number of rotatable bonds is 4. The summed E-state index contributed by atoms with van der Waals surface area (Å²) in [5, 5.41) is 10.6. The zero-order chi connectivity index (χ0) is 10.6. The van der Waals surface area contributed by atoms with E-state index in [4.69, 9.17) is 4.74 Å². The molecule has 74 valence electrons. The lowest BCUT2D eigenvalue weighted by Crippen LogP contribution is -1.97. The van der Waals surface area contributed by atoms with Gasteiger partial charge in [-0.05, 0) is 12.1 Å². The Morgan fingerprint density at radius 1 is 1.57 bits per heavy atom. The summed E-state index contributed by atoms with van der Waals surface area (Å²) in [6, 6.07) is 4.41. The number of hydrogen-bond donors (Lipinski definition) is 0. The van der Waals surface area contributed by atoms with Gasteiger partial charge in [0.2, 0.25) is 0 Å². The summed E-state index contributed by atoms with van der Waals surface area (Å²) in [7, 11) is 1.43. The van der Waals surface area contributed by atoms with Crippen LogP contribution in [0.5, 0.6) is 5.75 Å². The van der Waals surface area contributed by atoms with Gasteiger partial charge in [0.25, 0.3) is 5.69 Å². The largest absolute Gasteiger partial charge is 0.497 e. The van der Waals surface area contributed by atoms with Gasteiger partial charge in [-0.2, -0.15) is 0 Å². The van der Waals surface area contributed by atoms with Gasteiger partial charge in [-0.25, -0.2) is 0 Å². The molecule has 0 atom stereocenters. The Morgan fingerprint density at radius 3 is 2.79 bits per heavy atom. The molecule has 0 fully saturated rings. The molecule has 5 nitrogen and oxygen atoms in total. The Hall–Kier alpha value is -1.91. The van der Waals surface area contributed by atoms with E-state index in [0.29, 0.717) is 17.6 Å². The molecule has 0 aliphatic carbocycles. The average molecular weight is 195 g/mol. The van der Waals surface area contributed by atoms with Crippen molar-refractivity contribution in [2.75, 3.05) is 7.11 Å². The maximum Gasteiger partial charge on any atom is 0.276 e. The minimum atomic E-state index is -0.526. The van der Waals surface area contributed by atoms with E-state index in [-0.39, 0.29) is 12.1 Å². The van der Waals surface area contributed by atoms with Crippen molar-refractivity contribution in [1.82, 2.24) is 0 Å². The molecular formula is C9H9NO4. The fraction of sp³-hybridized carbons (Fsp3) is 0.222. The van der Waals surface area contributed by atoms with E-state index >= 15 is 0 Å². The van der Waals surface area contributed by atoms with Crippen molar-refractivity contribution in [2.24, 2.45) is 0 Å². The third kappa shape index (κ3) is 2.07. The van der Waals surface area contributed by atoms with Crippen molar-refractivity contribution >= 4 is 12.0 Å². The molecule has 5 heteroatoms. The van der Waals surface area contributed by atoms with Crippen LogP contribution >= 0.6 is 0 Å². The first-order valence-electron chi connectivity index (χ1n) is 3.94. The van der Waals surface area contributed by atoms with E-state index in [9.17, 15) is 14.9 Å². The van der Waals surface area contributed by atoms with Crippen LogP contribution in [-0.4, -0.2) is 18.3 Å². The van der Waals surface area contributed by atoms with Gasteiger partial charge in [0.15, 0.2) is 0 Å². The summed E-state index contributed by atoms with van der Waals surface area (Å²) >= 11 is 0. The highest BCUT2D eigenvalue weighted by molar-refractivity contribution is 5.60. The minimum absolute atomic E-state index is 0.0420. The smallest absolute Gasteiger partial charge is 0.276 e. The van der Waals surface area contributed by atoms with Crippen LogP contribution in [0.2, 0.25) is 0 Å². The first-order valence-corrected chi connectivity index (χ1v) is 3.94. The van der Waals surface area contributed by atoms with Crippen LogP contribution in [0, 0.1) is 10.1 Å². The van der Waals surface area contributed by atoms with Crippen molar-refractivity contribution in [3.8, 4) is 5.75 Å². The Morgan fingerprint density at radius 2 is 2.29 bits per heavy atom. The number of ether oxygens (including phenoxy) is 1. The zero-order valence-electron chi connectivity index (χ0n) is 7.60. The lowest BCUT2D eigenvalue weighted by molar-refractivity contribution is -0.385. The molecule has 0 radical (unpaired) electrons. The third-order valence-corrected chi connectivity index (χ3v) is 1.79. The van der Waals surface area contributed by atoms with Gasteiger partial charge in [0.1, 0.15) is 12.0 Å². The summed E-state index contributed by atoms with van der Waals surface area (Å²) in [6.07, 6.45) is 0.676. The molecule has 0 aliphatic rings. The lowest BCUT2D eigenvalue weighted by atomic mass is 10.1. The van der Waals surface area contributed by atoms with Crippen LogP contribution in [-0.2, 0) is 11.2 Å². The van der Waals surface area contributed by atoms with Crippen molar-refractivity contribution < 1.29 is 14.5 Å². The van der Waals surface area contributed by atoms with Gasteiger partial charge in [-0.1, -0.05) is 0 Å². The summed E-state index contributed by atoms with van der Waals surface area (Å²) in [5.41, 5.74) is 0.308. The molecule has 0 spiro atoms. The second-order valence-corrected chi connectivity index (χ2v) is 2.62. The Labute approximate surface area is 80.5 Å². The molecule has 14 heavy (non-hydrogen) atoms. The first kappa shape index (κ1) is 10.2. The predicted octanol–water partition coefficient (Wildman–Crippen LogP) is 1.34. The number of nitrogens with zero attached hydrogens (tertiary/aromatic N) is 1. The molecule has 0 saturated heterocycles. The summed E-state index contributed by atoms with van der Waals surface area (Å²) in [4.78, 5) is 20.3. The van der Waals surface area contributed by atoms with Crippen LogP contribution in [0.25, 0.3) is 0 Å². The van der Waals surface area contributed by atoms with Gasteiger partial charge in [0.05, 0.1) is 18.1 Å². The van der Waals surface area contributed by atoms with Crippen LogP contribution in [0.1, 0.15) is 5.56 Å². The number of hydrogen-bond acceptors (Lipinski definition) is 4. The number of methoxy groups -OCH3 is 1. The third-order valence-electron chi connectivity index (χ3n) is 1.79. The molecule has 0 N–H and O–H groups in total. The van der Waals surface area contributed by atoms with Crippen LogP contribution in [0.15, 0.2) is 18.2 Å². The van der Waals surface area contributed by atoms with Crippen LogP contribution < -0.4 is 4.74 Å². The second kappa shape index (κ2) is 4.36. The molecule has 0 amide bonds. The number of aldehydes is 1. The normalized spacial score (nSPS) is 9.50. The van der Waals surface area contributed by atoms with Gasteiger partial charge < -0.3 is 9.53 Å². The van der Waals surface area contributed by atoms with E-state index in [0.717, 1.165) is 0 Å². The molecular weight excluding hydrogens is 186 g/mol. The van der Waals surface area contributed by atoms with Gasteiger partial charge in [-0.15, -0.1) is 0 Å². The number of benzene rings is 1. The Kier molecular flexibility index (Phi) is 3.17. The highest BCUT2D eigenvalue weighted by Crippen LogP contribution is 2.24. The lowest BCUT2D eigenvalue weighted by Gasteiger charge is -2.02. The number of carbonyl (C=O) groups excluding carboxylic acids is 1. The fourth-order valence-electron chi connectivity index (χ4n) is 1.10. The van der Waals surface area contributed by atoms with Crippen molar-refractivity contribution in [2.45, 2.75) is 6.42 Å². The van der Waals surface area contributed by atoms with Gasteiger partial charge in [0, 0.05) is 12.0 Å². The van der Waals surface area contributed by atoms with Crippen molar-refractivity contribution in [3.05, 3.63) is 33.9 Å². The maximum atomic E-state index is 10.6. The highest BCUT2D eigenvalue weighted by atomic mass is 16.6. The van der Waals surface area contributed by atoms with Gasteiger partial charge >= 0.3 is 0 Å². The minimum Gasteiger partial charge on any atom is -0.497 e. The topological polar surface area (TPSA) is 69.4 Å². The van der Waals surface area contributed by atoms with Gasteiger partial charge in [-0.3, -0.25) is 10.1 Å². The average Bonchev–Trinajstić information content (AvgIpc) is 2.18. The van der Waals surface area contributed by atoms with E-state index in [2.05, 4.69) is 0 Å². The SMILES string of the molecule is COc1ccc(CC=O)c([N+](=O)[O-])c1. The van der Waals surface area contributed by atoms with Crippen LogP contribution in [0.3, 0.4) is 0 Å². The second-order valence-electron chi connectivity index (χ2n) is 2.62. The molecule has 0 saturated carbocycles. The van der Waals surface area contributed by atoms with E-state index in [1.807, 2.05) is 0 Å². The Bertz CT molecular complexity index is 362. The molecule has 0 heterocycles. The monoisotopic (exact) mass is 195 g/mol. The Balaban J connectivity index is 3.16. The molecule has 1 aromatic carbocycles. The van der Waals surface area contributed by atoms with Crippen LogP contribution in [0.4, 0.5) is 5.69 Å². The molecule has 0 unspecified atom stereocenters. The number of carbonyl (C=O) groups is 1. The van der Waals surface area contributed by atoms with E-state index < -0.39 is 4.92 Å². The summed E-state index contributed by atoms with van der Waals surface area (Å²) < 4.78 is 4.85. The zero-order valence-corrected chi connectivity index (χ0v) is 7.60. The van der Waals surface area contributed by atoms with E-state index in [1.165, 1.54) is 19.2 Å².